The molecule has 3 aromatic rings. The molecule has 0 saturated carbocycles. The largest absolute Gasteiger partial charge is 0.508 e. The van der Waals surface area contributed by atoms with E-state index in [1.54, 1.807) is 6.07 Å². The van der Waals surface area contributed by atoms with Crippen LogP contribution in [0.15, 0.2) is 28.5 Å². The molecular formula is C16H14F2N2O3S. The number of aromatic nitrogens is 2. The number of aromatic hydroxyl groups is 2. The second kappa shape index (κ2) is 6.20. The van der Waals surface area contributed by atoms with Gasteiger partial charge in [-0.1, -0.05) is 13.0 Å². The SMILES string of the molecule is CCc1ccc(O)cc1-c1c(O)c2scnc2n(CC(F)F)c1=O. The lowest BCUT2D eigenvalue weighted by Crippen LogP contribution is -2.25. The van der Waals surface area contributed by atoms with Crippen molar-refractivity contribution in [3.8, 4) is 22.6 Å². The number of phenols is 1. The highest BCUT2D eigenvalue weighted by atomic mass is 32.1. The lowest BCUT2D eigenvalue weighted by molar-refractivity contribution is 0.126. The summed E-state index contributed by atoms with van der Waals surface area (Å²) in [4.78, 5) is 16.7. The number of hydrogen-bond acceptors (Lipinski definition) is 5. The summed E-state index contributed by atoms with van der Waals surface area (Å²) in [5, 5.41) is 20.3. The van der Waals surface area contributed by atoms with Crippen LogP contribution in [-0.2, 0) is 13.0 Å². The zero-order valence-electron chi connectivity index (χ0n) is 12.7. The first-order chi connectivity index (χ1) is 11.4. The molecule has 2 heterocycles. The normalized spacial score (nSPS) is 11.5. The Labute approximate surface area is 139 Å². The standard InChI is InChI=1S/C16H14F2N2O3S/c1-2-8-3-4-9(21)5-10(8)12-13(22)14-15(19-7-24-14)20(16(12)23)6-11(17)18/h3-5,7,11,21-22H,2,6H2,1H3. The lowest BCUT2D eigenvalue weighted by atomic mass is 9.98. The van der Waals surface area contributed by atoms with Crippen molar-refractivity contribution in [2.75, 3.05) is 0 Å². The van der Waals surface area contributed by atoms with Crippen molar-refractivity contribution in [1.82, 2.24) is 9.55 Å². The molecule has 0 bridgehead atoms. The third-order valence-electron chi connectivity index (χ3n) is 3.78. The van der Waals surface area contributed by atoms with Crippen LogP contribution in [0.4, 0.5) is 8.78 Å². The summed E-state index contributed by atoms with van der Waals surface area (Å²) in [6.07, 6.45) is -2.19. The number of nitrogens with zero attached hydrogens (tertiary/aromatic N) is 2. The molecule has 0 spiro atoms. The van der Waals surface area contributed by atoms with Crippen molar-refractivity contribution in [2.45, 2.75) is 26.3 Å². The van der Waals surface area contributed by atoms with E-state index in [1.807, 2.05) is 6.92 Å². The minimum Gasteiger partial charge on any atom is -0.508 e. The molecule has 0 aliphatic carbocycles. The van der Waals surface area contributed by atoms with Gasteiger partial charge in [0.2, 0.25) is 0 Å². The van der Waals surface area contributed by atoms with Crippen molar-refractivity contribution < 1.29 is 19.0 Å². The molecule has 1 aromatic carbocycles. The molecule has 5 nitrogen and oxygen atoms in total. The Morgan fingerprint density at radius 2 is 2.08 bits per heavy atom. The van der Waals surface area contributed by atoms with Gasteiger partial charge in [-0.2, -0.15) is 0 Å². The zero-order chi connectivity index (χ0) is 17.4. The monoisotopic (exact) mass is 352 g/mol. The van der Waals surface area contributed by atoms with Crippen LogP contribution in [0.3, 0.4) is 0 Å². The van der Waals surface area contributed by atoms with Crippen molar-refractivity contribution in [3.63, 3.8) is 0 Å². The van der Waals surface area contributed by atoms with Crippen LogP contribution in [0.5, 0.6) is 11.5 Å². The Morgan fingerprint density at radius 3 is 2.75 bits per heavy atom. The fourth-order valence-electron chi connectivity index (χ4n) is 2.70. The fraction of sp³-hybridized carbons (Fsp3) is 0.250. The summed E-state index contributed by atoms with van der Waals surface area (Å²) in [6, 6.07) is 4.47. The molecule has 2 aromatic heterocycles. The van der Waals surface area contributed by atoms with Gasteiger partial charge in [-0.15, -0.1) is 11.3 Å². The van der Waals surface area contributed by atoms with Gasteiger partial charge in [0.15, 0.2) is 5.65 Å². The predicted molar refractivity (Wildman–Crippen MR) is 88.0 cm³/mol. The minimum atomic E-state index is -2.74. The lowest BCUT2D eigenvalue weighted by Gasteiger charge is -2.14. The maximum absolute atomic E-state index is 12.9. The van der Waals surface area contributed by atoms with Crippen LogP contribution in [0.1, 0.15) is 12.5 Å². The topological polar surface area (TPSA) is 75.3 Å². The molecule has 0 fully saturated rings. The van der Waals surface area contributed by atoms with Crippen LogP contribution < -0.4 is 5.56 Å². The number of aryl methyl sites for hydroxylation is 1. The maximum Gasteiger partial charge on any atom is 0.264 e. The van der Waals surface area contributed by atoms with E-state index in [2.05, 4.69) is 4.98 Å². The molecule has 0 atom stereocenters. The third-order valence-corrected chi connectivity index (χ3v) is 4.60. The van der Waals surface area contributed by atoms with Crippen LogP contribution in [-0.4, -0.2) is 26.2 Å². The van der Waals surface area contributed by atoms with E-state index in [-0.39, 0.29) is 27.4 Å². The van der Waals surface area contributed by atoms with Gasteiger partial charge in [0.1, 0.15) is 16.2 Å². The quantitative estimate of drug-likeness (QED) is 0.755. The third kappa shape index (κ3) is 2.62. The second-order valence-electron chi connectivity index (χ2n) is 5.23. The number of rotatable bonds is 4. The average molecular weight is 352 g/mol. The Morgan fingerprint density at radius 1 is 1.33 bits per heavy atom. The van der Waals surface area contributed by atoms with E-state index in [0.29, 0.717) is 17.5 Å². The fourth-order valence-corrected chi connectivity index (χ4v) is 3.44. The van der Waals surface area contributed by atoms with Crippen molar-refractivity contribution in [3.05, 3.63) is 39.6 Å². The summed E-state index contributed by atoms with van der Waals surface area (Å²) >= 11 is 1.06. The molecule has 2 N–H and O–H groups in total. The molecular weight excluding hydrogens is 338 g/mol. The van der Waals surface area contributed by atoms with Gasteiger partial charge >= 0.3 is 0 Å². The van der Waals surface area contributed by atoms with E-state index in [9.17, 15) is 23.8 Å². The van der Waals surface area contributed by atoms with Crippen molar-refractivity contribution in [1.29, 1.82) is 0 Å². The molecule has 24 heavy (non-hydrogen) atoms. The first-order valence-electron chi connectivity index (χ1n) is 7.23. The summed E-state index contributed by atoms with van der Waals surface area (Å²) in [5.74, 6) is -0.380. The van der Waals surface area contributed by atoms with Gasteiger partial charge in [-0.3, -0.25) is 9.36 Å². The molecule has 8 heteroatoms. The number of phenolic OH excluding ortho intramolecular Hbond substituents is 1. The summed E-state index contributed by atoms with van der Waals surface area (Å²) in [5.41, 5.74) is 1.61. The predicted octanol–water partition coefficient (Wildman–Crippen LogP) is 3.36. The molecule has 3 rings (SSSR count). The van der Waals surface area contributed by atoms with Crippen molar-refractivity contribution in [2.24, 2.45) is 0 Å². The molecule has 0 aliphatic rings. The smallest absolute Gasteiger partial charge is 0.264 e. The van der Waals surface area contributed by atoms with Crippen LogP contribution in [0, 0.1) is 0 Å². The Bertz CT molecular complexity index is 966. The number of alkyl halides is 2. The highest BCUT2D eigenvalue weighted by Gasteiger charge is 2.23. The molecule has 0 unspecified atom stereocenters. The highest BCUT2D eigenvalue weighted by Crippen LogP contribution is 2.37. The summed E-state index contributed by atoms with van der Waals surface area (Å²) in [6.45, 7) is 1.04. The van der Waals surface area contributed by atoms with E-state index in [0.717, 1.165) is 15.9 Å². The van der Waals surface area contributed by atoms with E-state index in [1.165, 1.54) is 17.6 Å². The number of benzene rings is 1. The maximum atomic E-state index is 12.9. The van der Waals surface area contributed by atoms with E-state index >= 15 is 0 Å². The van der Waals surface area contributed by atoms with Gasteiger partial charge in [0.05, 0.1) is 17.6 Å². The molecule has 0 aliphatic heterocycles. The number of halogens is 2. The van der Waals surface area contributed by atoms with Gasteiger partial charge in [-0.05, 0) is 29.7 Å². The van der Waals surface area contributed by atoms with Crippen LogP contribution in [0.2, 0.25) is 0 Å². The summed E-state index contributed by atoms with van der Waals surface area (Å²) < 4.78 is 26.9. The Hall–Kier alpha value is -2.48. The Balaban J connectivity index is 2.41. The van der Waals surface area contributed by atoms with Crippen LogP contribution in [0.25, 0.3) is 21.5 Å². The molecule has 0 saturated heterocycles. The number of thiazole rings is 1. The molecule has 126 valence electrons. The summed E-state index contributed by atoms with van der Waals surface area (Å²) in [7, 11) is 0. The van der Waals surface area contributed by atoms with Gasteiger partial charge in [0.25, 0.3) is 12.0 Å². The van der Waals surface area contributed by atoms with Gasteiger partial charge < -0.3 is 10.2 Å². The highest BCUT2D eigenvalue weighted by molar-refractivity contribution is 7.17. The molecule has 0 amide bonds. The average Bonchev–Trinajstić information content (AvgIpc) is 3.01. The van der Waals surface area contributed by atoms with E-state index in [4.69, 9.17) is 0 Å². The van der Waals surface area contributed by atoms with E-state index < -0.39 is 18.5 Å². The number of pyridine rings is 1. The first-order valence-corrected chi connectivity index (χ1v) is 8.11. The minimum absolute atomic E-state index is 0.0322. The first kappa shape index (κ1) is 16.4. The van der Waals surface area contributed by atoms with Gasteiger partial charge in [-0.25, -0.2) is 13.8 Å². The van der Waals surface area contributed by atoms with Crippen molar-refractivity contribution >= 4 is 21.7 Å². The van der Waals surface area contributed by atoms with Gasteiger partial charge in [0, 0.05) is 0 Å². The Kier molecular flexibility index (Phi) is 4.23. The number of fused-ring (bicyclic) bond motifs is 1. The van der Waals surface area contributed by atoms with Crippen LogP contribution >= 0.6 is 11.3 Å². The molecule has 0 radical (unpaired) electrons. The second-order valence-corrected chi connectivity index (χ2v) is 6.09. The zero-order valence-corrected chi connectivity index (χ0v) is 13.5. The number of hydrogen-bond donors (Lipinski definition) is 2.